The predicted octanol–water partition coefficient (Wildman–Crippen LogP) is 5.82. The Kier molecular flexibility index (Phi) is 8.65. The molecule has 0 unspecified atom stereocenters. The Morgan fingerprint density at radius 3 is 2.61 bits per heavy atom. The van der Waals surface area contributed by atoms with Gasteiger partial charge in [0.25, 0.3) is 5.91 Å². The van der Waals surface area contributed by atoms with Gasteiger partial charge in [-0.1, -0.05) is 26.0 Å². The van der Waals surface area contributed by atoms with Gasteiger partial charge < -0.3 is 10.2 Å². The number of fused-ring (bicyclic) bond motifs is 1. The van der Waals surface area contributed by atoms with E-state index in [-0.39, 0.29) is 23.7 Å². The monoisotopic (exact) mass is 530 g/mol. The second-order valence-electron chi connectivity index (χ2n) is 11.1. The van der Waals surface area contributed by atoms with E-state index in [9.17, 15) is 9.59 Å². The molecule has 7 heteroatoms. The first kappa shape index (κ1) is 26.7. The molecule has 1 aromatic carbocycles. The minimum atomic E-state index is -0.0674. The third-order valence-electron chi connectivity index (χ3n) is 8.09. The molecule has 38 heavy (non-hydrogen) atoms. The number of hydrogen-bond donors (Lipinski definition) is 1. The van der Waals surface area contributed by atoms with Crippen LogP contribution in [0.5, 0.6) is 0 Å². The van der Waals surface area contributed by atoms with E-state index < -0.39 is 0 Å². The van der Waals surface area contributed by atoms with Gasteiger partial charge in [0, 0.05) is 53.9 Å². The van der Waals surface area contributed by atoms with Crippen LogP contribution in [0.1, 0.15) is 77.9 Å². The molecule has 2 aliphatic rings. The number of amides is 1. The lowest BCUT2D eigenvalue weighted by Crippen LogP contribution is -2.38. The highest BCUT2D eigenvalue weighted by molar-refractivity contribution is 7.13. The fourth-order valence-corrected chi connectivity index (χ4v) is 6.49. The lowest BCUT2D eigenvalue weighted by Gasteiger charge is -2.30. The van der Waals surface area contributed by atoms with E-state index in [0.717, 1.165) is 80.2 Å². The molecule has 0 radical (unpaired) electrons. The molecule has 1 aliphatic carbocycles. The van der Waals surface area contributed by atoms with Crippen LogP contribution in [0, 0.1) is 11.8 Å². The first-order chi connectivity index (χ1) is 18.5. The Morgan fingerprint density at radius 2 is 1.87 bits per heavy atom. The van der Waals surface area contributed by atoms with Crippen LogP contribution in [-0.4, -0.2) is 52.2 Å². The van der Waals surface area contributed by atoms with Crippen molar-refractivity contribution in [3.63, 3.8) is 0 Å². The minimum absolute atomic E-state index is 0.0382. The highest BCUT2D eigenvalue weighted by Crippen LogP contribution is 2.29. The van der Waals surface area contributed by atoms with Crippen LogP contribution in [0.4, 0.5) is 0 Å². The molecule has 0 atom stereocenters. The third-order valence-corrected chi connectivity index (χ3v) is 8.98. The van der Waals surface area contributed by atoms with Gasteiger partial charge in [-0.2, -0.15) is 0 Å². The maximum Gasteiger partial charge on any atom is 0.270 e. The summed E-state index contributed by atoms with van der Waals surface area (Å²) in [5, 5.41) is 5.88. The number of Topliss-reactive ketones (excluding diaryl/α,β-unsaturated/α-hetero) is 1. The molecule has 2 aromatic heterocycles. The number of benzene rings is 1. The Morgan fingerprint density at radius 1 is 1.08 bits per heavy atom. The maximum atomic E-state index is 12.8. The molecule has 1 fully saturated rings. The summed E-state index contributed by atoms with van der Waals surface area (Å²) >= 11 is 1.48. The largest absolute Gasteiger partial charge is 0.348 e. The van der Waals surface area contributed by atoms with E-state index in [0.29, 0.717) is 5.69 Å². The number of rotatable bonds is 8. The predicted molar refractivity (Wildman–Crippen MR) is 153 cm³/mol. The van der Waals surface area contributed by atoms with Crippen molar-refractivity contribution >= 4 is 23.0 Å². The van der Waals surface area contributed by atoms with Gasteiger partial charge in [0.2, 0.25) is 0 Å². The van der Waals surface area contributed by atoms with Crippen LogP contribution < -0.4 is 5.32 Å². The van der Waals surface area contributed by atoms with E-state index in [4.69, 9.17) is 0 Å². The quantitative estimate of drug-likeness (QED) is 0.371. The highest BCUT2D eigenvalue weighted by atomic mass is 32.1. The van der Waals surface area contributed by atoms with Crippen LogP contribution in [0.2, 0.25) is 0 Å². The molecule has 1 amide bonds. The molecule has 1 saturated carbocycles. The Balaban J connectivity index is 1.05. The van der Waals surface area contributed by atoms with Gasteiger partial charge in [0.1, 0.15) is 10.7 Å². The first-order valence-electron chi connectivity index (χ1n) is 14.0. The van der Waals surface area contributed by atoms with Crippen molar-refractivity contribution in [1.29, 1.82) is 0 Å². The molecule has 1 N–H and O–H groups in total. The smallest absolute Gasteiger partial charge is 0.270 e. The van der Waals surface area contributed by atoms with Crippen LogP contribution >= 0.6 is 11.3 Å². The second kappa shape index (κ2) is 12.3. The lowest BCUT2D eigenvalue weighted by atomic mass is 9.84. The number of thiazole rings is 1. The summed E-state index contributed by atoms with van der Waals surface area (Å²) in [5.41, 5.74) is 5.05. The zero-order valence-electron chi connectivity index (χ0n) is 22.5. The number of nitrogens with zero attached hydrogens (tertiary/aromatic N) is 3. The molecular formula is C31H38N4O2S. The van der Waals surface area contributed by atoms with Gasteiger partial charge in [-0.15, -0.1) is 11.3 Å². The van der Waals surface area contributed by atoms with Gasteiger partial charge in [0.15, 0.2) is 5.78 Å². The SMILES string of the molecule is CC(C)C(=O)c1ccc2c(c1)CCN(CCC1CCC(NC(=O)c3csc(-c4cccnc4)n3)CC1)CC2. The molecule has 3 heterocycles. The van der Waals surface area contributed by atoms with Crippen LogP contribution in [0.15, 0.2) is 48.1 Å². The van der Waals surface area contributed by atoms with Crippen LogP contribution in [-0.2, 0) is 12.8 Å². The maximum absolute atomic E-state index is 12.8. The van der Waals surface area contributed by atoms with Gasteiger partial charge in [-0.3, -0.25) is 14.6 Å². The van der Waals surface area contributed by atoms with Gasteiger partial charge in [-0.05, 0) is 86.7 Å². The van der Waals surface area contributed by atoms with Crippen molar-refractivity contribution in [2.75, 3.05) is 19.6 Å². The van der Waals surface area contributed by atoms with E-state index in [2.05, 4.69) is 32.3 Å². The van der Waals surface area contributed by atoms with Crippen LogP contribution in [0.3, 0.4) is 0 Å². The summed E-state index contributed by atoms with van der Waals surface area (Å²) in [7, 11) is 0. The molecule has 0 bridgehead atoms. The average Bonchev–Trinajstić information content (AvgIpc) is 3.35. The van der Waals surface area contributed by atoms with Crippen molar-refractivity contribution in [3.8, 4) is 10.6 Å². The topological polar surface area (TPSA) is 75.2 Å². The Hall–Kier alpha value is -2.90. The molecular weight excluding hydrogens is 492 g/mol. The fraction of sp³-hybridized carbons (Fsp3) is 0.484. The summed E-state index contributed by atoms with van der Waals surface area (Å²) < 4.78 is 0. The Labute approximate surface area is 229 Å². The average molecular weight is 531 g/mol. The summed E-state index contributed by atoms with van der Waals surface area (Å²) in [6, 6.07) is 10.4. The number of hydrogen-bond acceptors (Lipinski definition) is 6. The number of pyridine rings is 1. The highest BCUT2D eigenvalue weighted by Gasteiger charge is 2.25. The molecule has 5 rings (SSSR count). The molecule has 0 saturated heterocycles. The third kappa shape index (κ3) is 6.56. The molecule has 0 spiro atoms. The number of carbonyl (C=O) groups excluding carboxylic acids is 2. The van der Waals surface area contributed by atoms with E-state index in [1.807, 2.05) is 37.4 Å². The van der Waals surface area contributed by atoms with Crippen molar-refractivity contribution in [2.24, 2.45) is 11.8 Å². The van der Waals surface area contributed by atoms with Gasteiger partial charge >= 0.3 is 0 Å². The van der Waals surface area contributed by atoms with E-state index in [1.54, 1.807) is 12.4 Å². The molecule has 1 aliphatic heterocycles. The standard InChI is InChI=1S/C31H38N4O2S/c1-21(2)29(36)25-8-7-23-12-16-35(17-13-24(23)18-25)15-11-22-5-9-27(10-6-22)33-30(37)28-20-38-31(34-28)26-4-3-14-32-19-26/h3-4,7-8,14,18-22,27H,5-6,9-13,15-17H2,1-2H3,(H,33,37). The summed E-state index contributed by atoms with van der Waals surface area (Å²) in [6.07, 6.45) is 11.2. The van der Waals surface area contributed by atoms with Gasteiger partial charge in [-0.25, -0.2) is 4.98 Å². The number of nitrogens with one attached hydrogen (secondary N) is 1. The van der Waals surface area contributed by atoms with Crippen molar-refractivity contribution in [1.82, 2.24) is 20.2 Å². The Bertz CT molecular complexity index is 1250. The first-order valence-corrected chi connectivity index (χ1v) is 14.9. The summed E-state index contributed by atoms with van der Waals surface area (Å²) in [4.78, 5) is 36.5. The van der Waals surface area contributed by atoms with Crippen molar-refractivity contribution < 1.29 is 9.59 Å². The normalized spacial score (nSPS) is 20.1. The van der Waals surface area contributed by atoms with Crippen LogP contribution in [0.25, 0.3) is 10.6 Å². The molecule has 3 aromatic rings. The number of aromatic nitrogens is 2. The molecule has 200 valence electrons. The summed E-state index contributed by atoms with van der Waals surface area (Å²) in [5.74, 6) is 0.931. The van der Waals surface area contributed by atoms with Crippen molar-refractivity contribution in [2.45, 2.75) is 64.8 Å². The zero-order chi connectivity index (χ0) is 26.5. The number of carbonyl (C=O) groups is 2. The van der Waals surface area contributed by atoms with Crippen molar-refractivity contribution in [3.05, 3.63) is 70.5 Å². The summed E-state index contributed by atoms with van der Waals surface area (Å²) in [6.45, 7) is 7.22. The van der Waals surface area contributed by atoms with E-state index in [1.165, 1.54) is 28.9 Å². The fourth-order valence-electron chi connectivity index (χ4n) is 5.70. The molecule has 6 nitrogen and oxygen atoms in total. The van der Waals surface area contributed by atoms with Gasteiger partial charge in [0.05, 0.1) is 0 Å². The lowest BCUT2D eigenvalue weighted by molar-refractivity contribution is 0.0913. The zero-order valence-corrected chi connectivity index (χ0v) is 23.3. The van der Waals surface area contributed by atoms with E-state index >= 15 is 0 Å². The minimum Gasteiger partial charge on any atom is -0.348 e. The number of ketones is 1. The second-order valence-corrected chi connectivity index (χ2v) is 12.0.